The average molecular weight is 427 g/mol. The van der Waals surface area contributed by atoms with Crippen LogP contribution in [0.4, 0.5) is 13.2 Å². The van der Waals surface area contributed by atoms with Gasteiger partial charge in [0.05, 0.1) is 10.9 Å². The van der Waals surface area contributed by atoms with Crippen LogP contribution in [0.15, 0.2) is 22.7 Å². The lowest BCUT2D eigenvalue weighted by Crippen LogP contribution is -2.09. The first-order valence-electron chi connectivity index (χ1n) is 6.12. The van der Waals surface area contributed by atoms with Gasteiger partial charge >= 0.3 is 6.18 Å². The average Bonchev–Trinajstić information content (AvgIpc) is 2.81. The zero-order valence-electron chi connectivity index (χ0n) is 11.2. The van der Waals surface area contributed by atoms with Gasteiger partial charge in [-0.3, -0.25) is 0 Å². The molecule has 0 aliphatic rings. The van der Waals surface area contributed by atoms with E-state index in [4.69, 9.17) is 0 Å². The maximum atomic E-state index is 12.9. The van der Waals surface area contributed by atoms with Gasteiger partial charge in [-0.1, -0.05) is 31.9 Å². The van der Waals surface area contributed by atoms with Crippen LogP contribution in [-0.2, 0) is 11.5 Å². The van der Waals surface area contributed by atoms with E-state index in [1.165, 1.54) is 6.07 Å². The Kier molecular flexibility index (Phi) is 4.77. The third-order valence-corrected chi connectivity index (χ3v) is 4.13. The van der Waals surface area contributed by atoms with Crippen molar-refractivity contribution in [3.05, 3.63) is 34.1 Å². The fourth-order valence-electron chi connectivity index (χ4n) is 2.01. The van der Waals surface area contributed by atoms with E-state index in [0.717, 1.165) is 12.1 Å². The third kappa shape index (κ3) is 3.31. The van der Waals surface area contributed by atoms with E-state index in [1.807, 2.05) is 18.4 Å². The molecule has 0 N–H and O–H groups in total. The summed E-state index contributed by atoms with van der Waals surface area (Å²) in [6.45, 7) is 3.86. The Morgan fingerprint density at radius 1 is 1.24 bits per heavy atom. The Morgan fingerprint density at radius 3 is 2.43 bits per heavy atom. The van der Waals surface area contributed by atoms with Crippen molar-refractivity contribution in [3.63, 3.8) is 0 Å². The second kappa shape index (κ2) is 6.08. The highest BCUT2D eigenvalue weighted by molar-refractivity contribution is 9.10. The molecule has 0 amide bonds. The van der Waals surface area contributed by atoms with Crippen LogP contribution in [0, 0.1) is 0 Å². The predicted molar refractivity (Wildman–Crippen MR) is 81.2 cm³/mol. The molecule has 2 rings (SSSR count). The molecule has 2 aromatic rings. The molecule has 0 saturated carbocycles. The Balaban J connectivity index is 2.64. The van der Waals surface area contributed by atoms with Crippen molar-refractivity contribution < 1.29 is 13.2 Å². The lowest BCUT2D eigenvalue weighted by Gasteiger charge is -2.15. The minimum atomic E-state index is -4.39. The number of alkyl halides is 4. The molecule has 0 unspecified atom stereocenters. The largest absolute Gasteiger partial charge is 0.416 e. The van der Waals surface area contributed by atoms with Crippen molar-refractivity contribution in [2.75, 3.05) is 0 Å². The molecule has 1 heterocycles. The first kappa shape index (κ1) is 16.5. The lowest BCUT2D eigenvalue weighted by atomic mass is 10.1. The number of hydrogen-bond acceptors (Lipinski definition) is 2. The molecule has 3 nitrogen and oxygen atoms in total. The Morgan fingerprint density at radius 2 is 1.90 bits per heavy atom. The van der Waals surface area contributed by atoms with Crippen LogP contribution in [0.2, 0.25) is 0 Å². The minimum absolute atomic E-state index is 0.0315. The van der Waals surface area contributed by atoms with Crippen LogP contribution >= 0.6 is 31.9 Å². The third-order valence-electron chi connectivity index (χ3n) is 2.94. The topological polar surface area (TPSA) is 30.7 Å². The summed E-state index contributed by atoms with van der Waals surface area (Å²) in [5.41, 5.74) is -0.336. The van der Waals surface area contributed by atoms with Crippen molar-refractivity contribution in [2.24, 2.45) is 0 Å². The number of halogens is 5. The van der Waals surface area contributed by atoms with Crippen LogP contribution in [0.3, 0.4) is 0 Å². The van der Waals surface area contributed by atoms with Crippen molar-refractivity contribution in [3.8, 4) is 11.4 Å². The summed E-state index contributed by atoms with van der Waals surface area (Å²) in [5.74, 6) is 1.08. The van der Waals surface area contributed by atoms with Crippen LogP contribution in [0.1, 0.15) is 31.3 Å². The van der Waals surface area contributed by atoms with Crippen LogP contribution < -0.4 is 0 Å². The maximum absolute atomic E-state index is 12.9. The normalized spacial score (nSPS) is 12.2. The van der Waals surface area contributed by atoms with Gasteiger partial charge in [0, 0.05) is 16.1 Å². The second-order valence-electron chi connectivity index (χ2n) is 4.73. The summed E-state index contributed by atoms with van der Waals surface area (Å²) in [4.78, 5) is 0. The monoisotopic (exact) mass is 425 g/mol. The highest BCUT2D eigenvalue weighted by Crippen LogP contribution is 2.36. The summed E-state index contributed by atoms with van der Waals surface area (Å²) in [6.07, 6.45) is -4.39. The number of aromatic nitrogens is 3. The minimum Gasteiger partial charge on any atom is -0.308 e. The van der Waals surface area contributed by atoms with Gasteiger partial charge < -0.3 is 4.57 Å². The molecule has 0 radical (unpaired) electrons. The first-order chi connectivity index (χ1) is 9.75. The Labute approximate surface area is 136 Å². The van der Waals surface area contributed by atoms with E-state index in [1.54, 1.807) is 0 Å². The zero-order chi connectivity index (χ0) is 15.8. The molecule has 0 saturated heterocycles. The smallest absolute Gasteiger partial charge is 0.308 e. The van der Waals surface area contributed by atoms with Crippen LogP contribution in [-0.4, -0.2) is 14.8 Å². The van der Waals surface area contributed by atoms with Gasteiger partial charge in [-0.25, -0.2) is 0 Å². The molecule has 0 fully saturated rings. The summed E-state index contributed by atoms with van der Waals surface area (Å²) >= 11 is 6.60. The highest BCUT2D eigenvalue weighted by Gasteiger charge is 2.31. The second-order valence-corrected chi connectivity index (χ2v) is 6.14. The molecule has 0 aliphatic heterocycles. The molecule has 0 bridgehead atoms. The van der Waals surface area contributed by atoms with Gasteiger partial charge in [0.2, 0.25) is 0 Å². The van der Waals surface area contributed by atoms with Gasteiger partial charge in [0.25, 0.3) is 0 Å². The fourth-order valence-corrected chi connectivity index (χ4v) is 2.82. The maximum Gasteiger partial charge on any atom is 0.416 e. The van der Waals surface area contributed by atoms with Gasteiger partial charge in [-0.15, -0.1) is 10.2 Å². The van der Waals surface area contributed by atoms with Gasteiger partial charge in [-0.05, 0) is 32.0 Å². The van der Waals surface area contributed by atoms with E-state index >= 15 is 0 Å². The zero-order valence-corrected chi connectivity index (χ0v) is 14.4. The standard InChI is InChI=1S/C13H12Br2F3N3/c1-7(2)21-11(6-14)19-20-12(21)9-5-8(13(16,17)18)3-4-10(9)15/h3-5,7H,6H2,1-2H3. The van der Waals surface area contributed by atoms with Crippen molar-refractivity contribution in [1.82, 2.24) is 14.8 Å². The summed E-state index contributed by atoms with van der Waals surface area (Å²) < 4.78 is 41.0. The van der Waals surface area contributed by atoms with Gasteiger partial charge in [-0.2, -0.15) is 13.2 Å². The molecule has 8 heteroatoms. The molecule has 0 spiro atoms. The summed E-state index contributed by atoms with van der Waals surface area (Å²) in [7, 11) is 0. The molecule has 1 aromatic carbocycles. The molecular formula is C13H12Br2F3N3. The Bertz CT molecular complexity index is 651. The van der Waals surface area contributed by atoms with E-state index in [2.05, 4.69) is 42.1 Å². The quantitative estimate of drug-likeness (QED) is 0.631. The highest BCUT2D eigenvalue weighted by atomic mass is 79.9. The molecule has 0 aliphatic carbocycles. The van der Waals surface area contributed by atoms with Crippen molar-refractivity contribution in [2.45, 2.75) is 31.4 Å². The van der Waals surface area contributed by atoms with Crippen LogP contribution in [0.5, 0.6) is 0 Å². The molecule has 0 atom stereocenters. The van der Waals surface area contributed by atoms with Gasteiger partial charge in [0.15, 0.2) is 5.82 Å². The first-order valence-corrected chi connectivity index (χ1v) is 8.04. The molecular weight excluding hydrogens is 415 g/mol. The summed E-state index contributed by atoms with van der Waals surface area (Å²) in [6, 6.07) is 3.54. The fraction of sp³-hybridized carbons (Fsp3) is 0.385. The van der Waals surface area contributed by atoms with Crippen molar-refractivity contribution >= 4 is 31.9 Å². The number of rotatable bonds is 3. The SMILES string of the molecule is CC(C)n1c(CBr)nnc1-c1cc(C(F)(F)F)ccc1Br. The van der Waals surface area contributed by atoms with Crippen LogP contribution in [0.25, 0.3) is 11.4 Å². The van der Waals surface area contributed by atoms with E-state index in [-0.39, 0.29) is 6.04 Å². The molecule has 21 heavy (non-hydrogen) atoms. The van der Waals surface area contributed by atoms with E-state index < -0.39 is 11.7 Å². The lowest BCUT2D eigenvalue weighted by molar-refractivity contribution is -0.137. The summed E-state index contributed by atoms with van der Waals surface area (Å²) in [5, 5.41) is 8.56. The molecule has 114 valence electrons. The van der Waals surface area contributed by atoms with E-state index in [0.29, 0.717) is 27.0 Å². The number of hydrogen-bond donors (Lipinski definition) is 0. The molecule has 1 aromatic heterocycles. The Hall–Kier alpha value is -0.890. The predicted octanol–water partition coefficient (Wildman–Crippen LogP) is 5.20. The number of nitrogens with zero attached hydrogens (tertiary/aromatic N) is 3. The van der Waals surface area contributed by atoms with E-state index in [9.17, 15) is 13.2 Å². The number of benzene rings is 1. The van der Waals surface area contributed by atoms with Gasteiger partial charge in [0.1, 0.15) is 5.82 Å². The van der Waals surface area contributed by atoms with Crippen molar-refractivity contribution in [1.29, 1.82) is 0 Å².